The summed E-state index contributed by atoms with van der Waals surface area (Å²) < 4.78 is 5.50. The van der Waals surface area contributed by atoms with Crippen LogP contribution in [0, 0.1) is 5.41 Å². The lowest BCUT2D eigenvalue weighted by atomic mass is 9.99. The van der Waals surface area contributed by atoms with E-state index in [9.17, 15) is 4.79 Å². The molecule has 1 aliphatic rings. The number of esters is 1. The first kappa shape index (κ1) is 12.9. The Balaban J connectivity index is 2.17. The van der Waals surface area contributed by atoms with Gasteiger partial charge in [-0.15, -0.1) is 6.58 Å². The summed E-state index contributed by atoms with van der Waals surface area (Å²) in [6.07, 6.45) is 2.55. The van der Waals surface area contributed by atoms with Crippen molar-refractivity contribution in [2.45, 2.75) is 38.7 Å². The van der Waals surface area contributed by atoms with Crippen molar-refractivity contribution in [3.8, 4) is 0 Å². The zero-order valence-electron chi connectivity index (χ0n) is 11.3. The quantitative estimate of drug-likeness (QED) is 0.599. The Hall–Kier alpha value is -1.57. The van der Waals surface area contributed by atoms with Gasteiger partial charge in [0.1, 0.15) is 5.60 Å². The minimum Gasteiger partial charge on any atom is -0.459 e. The van der Waals surface area contributed by atoms with Crippen LogP contribution >= 0.6 is 0 Å². The zero-order valence-corrected chi connectivity index (χ0v) is 11.3. The smallest absolute Gasteiger partial charge is 0.317 e. The maximum Gasteiger partial charge on any atom is 0.317 e. The number of rotatable bonds is 3. The molecule has 0 heterocycles. The molecule has 0 unspecified atom stereocenters. The molecular formula is C16H20O2. The monoisotopic (exact) mass is 244 g/mol. The van der Waals surface area contributed by atoms with Crippen molar-refractivity contribution < 1.29 is 9.53 Å². The van der Waals surface area contributed by atoms with Crippen molar-refractivity contribution in [1.82, 2.24) is 0 Å². The molecule has 0 bridgehead atoms. The lowest BCUT2D eigenvalue weighted by Gasteiger charge is -2.23. The molecule has 2 heteroatoms. The summed E-state index contributed by atoms with van der Waals surface area (Å²) in [5.74, 6) is 0.0601. The molecule has 0 aliphatic heterocycles. The van der Waals surface area contributed by atoms with Crippen LogP contribution in [0.3, 0.4) is 0 Å². The third-order valence-electron chi connectivity index (χ3n) is 3.35. The molecule has 0 radical (unpaired) electrons. The van der Waals surface area contributed by atoms with Gasteiger partial charge in [0, 0.05) is 5.92 Å². The number of carbonyl (C=O) groups is 1. The predicted octanol–water partition coefficient (Wildman–Crippen LogP) is 3.69. The maximum atomic E-state index is 12.3. The highest BCUT2D eigenvalue weighted by Crippen LogP contribution is 2.61. The second kappa shape index (κ2) is 4.27. The molecule has 2 atom stereocenters. The van der Waals surface area contributed by atoms with Crippen LogP contribution in [0.1, 0.15) is 38.7 Å². The fourth-order valence-electron chi connectivity index (χ4n) is 2.29. The number of hydrogen-bond acceptors (Lipinski definition) is 2. The van der Waals surface area contributed by atoms with Gasteiger partial charge in [-0.05, 0) is 32.8 Å². The Labute approximate surface area is 109 Å². The maximum absolute atomic E-state index is 12.3. The molecule has 18 heavy (non-hydrogen) atoms. The molecule has 1 aromatic carbocycles. The topological polar surface area (TPSA) is 26.3 Å². The van der Waals surface area contributed by atoms with E-state index in [1.54, 1.807) is 6.08 Å². The highest BCUT2D eigenvalue weighted by atomic mass is 16.6. The van der Waals surface area contributed by atoms with Gasteiger partial charge in [-0.1, -0.05) is 36.4 Å². The summed E-state index contributed by atoms with van der Waals surface area (Å²) in [5, 5.41) is 0. The highest BCUT2D eigenvalue weighted by Gasteiger charge is 2.60. The highest BCUT2D eigenvalue weighted by molar-refractivity contribution is 5.85. The Kier molecular flexibility index (Phi) is 3.05. The minimum absolute atomic E-state index is 0.154. The fraction of sp³-hybridized carbons (Fsp3) is 0.438. The van der Waals surface area contributed by atoms with Crippen molar-refractivity contribution >= 4 is 5.97 Å². The average molecular weight is 244 g/mol. The van der Waals surface area contributed by atoms with E-state index in [1.165, 1.54) is 5.56 Å². The largest absolute Gasteiger partial charge is 0.459 e. The average Bonchev–Trinajstić information content (AvgIpc) is 3.04. The third kappa shape index (κ3) is 2.33. The first-order valence-electron chi connectivity index (χ1n) is 6.31. The lowest BCUT2D eigenvalue weighted by Crippen LogP contribution is -2.29. The van der Waals surface area contributed by atoms with Crippen LogP contribution in [0.5, 0.6) is 0 Å². The Bertz CT molecular complexity index is 456. The van der Waals surface area contributed by atoms with E-state index in [2.05, 4.69) is 18.7 Å². The van der Waals surface area contributed by atoms with Crippen molar-refractivity contribution in [2.75, 3.05) is 0 Å². The zero-order chi connectivity index (χ0) is 13.4. The van der Waals surface area contributed by atoms with Crippen LogP contribution in [0.25, 0.3) is 0 Å². The Morgan fingerprint density at radius 3 is 2.50 bits per heavy atom. The molecule has 1 fully saturated rings. The van der Waals surface area contributed by atoms with E-state index < -0.39 is 11.0 Å². The summed E-state index contributed by atoms with van der Waals surface area (Å²) in [7, 11) is 0. The van der Waals surface area contributed by atoms with E-state index >= 15 is 0 Å². The van der Waals surface area contributed by atoms with Crippen LogP contribution in [-0.4, -0.2) is 11.6 Å². The van der Waals surface area contributed by atoms with Crippen molar-refractivity contribution in [2.24, 2.45) is 5.41 Å². The number of benzene rings is 1. The van der Waals surface area contributed by atoms with Gasteiger partial charge in [0.15, 0.2) is 0 Å². The predicted molar refractivity (Wildman–Crippen MR) is 72.3 cm³/mol. The molecule has 0 aromatic heterocycles. The van der Waals surface area contributed by atoms with E-state index in [1.807, 2.05) is 39.0 Å². The van der Waals surface area contributed by atoms with Gasteiger partial charge in [0.05, 0.1) is 5.41 Å². The summed E-state index contributed by atoms with van der Waals surface area (Å²) in [6.45, 7) is 9.49. The first-order valence-corrected chi connectivity index (χ1v) is 6.31. The van der Waals surface area contributed by atoms with Gasteiger partial charge in [-0.2, -0.15) is 0 Å². The van der Waals surface area contributed by atoms with E-state index in [0.717, 1.165) is 6.42 Å². The molecule has 0 N–H and O–H groups in total. The first-order chi connectivity index (χ1) is 8.39. The molecule has 0 spiro atoms. The molecule has 96 valence electrons. The summed E-state index contributed by atoms with van der Waals surface area (Å²) in [4.78, 5) is 12.3. The van der Waals surface area contributed by atoms with Gasteiger partial charge in [-0.25, -0.2) is 0 Å². The molecular weight excluding hydrogens is 224 g/mol. The molecule has 2 rings (SSSR count). The van der Waals surface area contributed by atoms with E-state index in [4.69, 9.17) is 4.74 Å². The Morgan fingerprint density at radius 2 is 2.00 bits per heavy atom. The SMILES string of the molecule is C=C[C@]1(C(=O)OC(C)(C)C)C[C@@H]1c1ccccc1. The van der Waals surface area contributed by atoms with Gasteiger partial charge < -0.3 is 4.74 Å². The van der Waals surface area contributed by atoms with Crippen molar-refractivity contribution in [3.05, 3.63) is 48.6 Å². The second-order valence-corrected chi connectivity index (χ2v) is 5.91. The molecule has 1 saturated carbocycles. The van der Waals surface area contributed by atoms with Crippen molar-refractivity contribution in [1.29, 1.82) is 0 Å². The molecule has 1 aromatic rings. The van der Waals surface area contributed by atoms with E-state index in [-0.39, 0.29) is 11.9 Å². The van der Waals surface area contributed by atoms with Gasteiger partial charge in [0.25, 0.3) is 0 Å². The van der Waals surface area contributed by atoms with Crippen LogP contribution in [-0.2, 0) is 9.53 Å². The number of carbonyl (C=O) groups excluding carboxylic acids is 1. The summed E-state index contributed by atoms with van der Waals surface area (Å²) in [5.41, 5.74) is 0.217. The van der Waals surface area contributed by atoms with Gasteiger partial charge >= 0.3 is 5.97 Å². The lowest BCUT2D eigenvalue weighted by molar-refractivity contribution is -0.159. The fourth-order valence-corrected chi connectivity index (χ4v) is 2.29. The van der Waals surface area contributed by atoms with E-state index in [0.29, 0.717) is 0 Å². The summed E-state index contributed by atoms with van der Waals surface area (Å²) >= 11 is 0. The van der Waals surface area contributed by atoms with Crippen LogP contribution in [0.4, 0.5) is 0 Å². The standard InChI is InChI=1S/C16H20O2/c1-5-16(14(17)18-15(2,3)4)11-13(16)12-9-7-6-8-10-12/h5-10,13H,1,11H2,2-4H3/t13-,16+/m1/s1. The number of hydrogen-bond donors (Lipinski definition) is 0. The summed E-state index contributed by atoms with van der Waals surface area (Å²) in [6, 6.07) is 10.1. The van der Waals surface area contributed by atoms with Gasteiger partial charge in [0.2, 0.25) is 0 Å². The van der Waals surface area contributed by atoms with Gasteiger partial charge in [-0.3, -0.25) is 4.79 Å². The van der Waals surface area contributed by atoms with Crippen LogP contribution in [0.15, 0.2) is 43.0 Å². The van der Waals surface area contributed by atoms with Crippen molar-refractivity contribution in [3.63, 3.8) is 0 Å². The molecule has 1 aliphatic carbocycles. The molecule has 2 nitrogen and oxygen atoms in total. The third-order valence-corrected chi connectivity index (χ3v) is 3.35. The Morgan fingerprint density at radius 1 is 1.39 bits per heavy atom. The minimum atomic E-state index is -0.519. The normalized spacial score (nSPS) is 26.5. The second-order valence-electron chi connectivity index (χ2n) is 5.91. The number of ether oxygens (including phenoxy) is 1. The van der Waals surface area contributed by atoms with Crippen LogP contribution < -0.4 is 0 Å². The van der Waals surface area contributed by atoms with Crippen LogP contribution in [0.2, 0.25) is 0 Å². The molecule has 0 saturated heterocycles. The molecule has 0 amide bonds.